The van der Waals surface area contributed by atoms with Gasteiger partial charge in [-0.1, -0.05) is 20.8 Å². The Labute approximate surface area is 108 Å². The van der Waals surface area contributed by atoms with E-state index in [1.54, 1.807) is 0 Å². The van der Waals surface area contributed by atoms with E-state index in [0.717, 1.165) is 24.8 Å². The fourth-order valence-electron chi connectivity index (χ4n) is 2.78. The summed E-state index contributed by atoms with van der Waals surface area (Å²) in [7, 11) is 0. The molecule has 2 aliphatic rings. The predicted molar refractivity (Wildman–Crippen MR) is 67.5 cm³/mol. The minimum atomic E-state index is -0.820. The Kier molecular flexibility index (Phi) is 4.07. The van der Waals surface area contributed by atoms with Crippen molar-refractivity contribution >= 4 is 5.97 Å². The Morgan fingerprint density at radius 3 is 2.61 bits per heavy atom. The Bertz CT molecular complexity index is 357. The normalized spacial score (nSPS) is 30.6. The van der Waals surface area contributed by atoms with Gasteiger partial charge in [-0.15, -0.1) is 0 Å². The second-order valence-corrected chi connectivity index (χ2v) is 5.00. The first kappa shape index (κ1) is 13.6. The van der Waals surface area contributed by atoms with Crippen molar-refractivity contribution in [1.82, 2.24) is 0 Å². The van der Waals surface area contributed by atoms with E-state index in [1.807, 2.05) is 6.92 Å². The van der Waals surface area contributed by atoms with Gasteiger partial charge in [0, 0.05) is 12.0 Å². The lowest BCUT2D eigenvalue weighted by Crippen LogP contribution is -2.34. The fourth-order valence-corrected chi connectivity index (χ4v) is 2.78. The topological polar surface area (TPSA) is 59.1 Å². The van der Waals surface area contributed by atoms with Crippen LogP contribution in [0, 0.1) is 0 Å². The van der Waals surface area contributed by atoms with Gasteiger partial charge in [0.1, 0.15) is 12.2 Å². The first-order valence-electron chi connectivity index (χ1n) is 6.88. The highest BCUT2D eigenvalue weighted by atomic mass is 16.6. The van der Waals surface area contributed by atoms with Crippen LogP contribution in [0.5, 0.6) is 0 Å². The van der Waals surface area contributed by atoms with Crippen molar-refractivity contribution in [2.75, 3.05) is 0 Å². The molecule has 0 spiro atoms. The van der Waals surface area contributed by atoms with E-state index < -0.39 is 5.97 Å². The van der Waals surface area contributed by atoms with Crippen molar-refractivity contribution in [3.63, 3.8) is 0 Å². The molecule has 1 N–H and O–H groups in total. The number of carboxylic acid groups (broad SMARTS) is 1. The number of epoxide rings is 1. The number of ether oxygens (including phenoxy) is 2. The molecule has 0 aromatic carbocycles. The minimum absolute atomic E-state index is 0.0609. The number of aliphatic carboxylic acids is 1. The maximum Gasteiger partial charge on any atom is 0.331 e. The van der Waals surface area contributed by atoms with Gasteiger partial charge in [-0.2, -0.15) is 0 Å². The smallest absolute Gasteiger partial charge is 0.331 e. The summed E-state index contributed by atoms with van der Waals surface area (Å²) in [5, 5.41) is 9.27. The van der Waals surface area contributed by atoms with Gasteiger partial charge in [0.25, 0.3) is 0 Å². The van der Waals surface area contributed by atoms with Crippen LogP contribution < -0.4 is 0 Å². The second kappa shape index (κ2) is 5.41. The molecule has 0 radical (unpaired) electrons. The highest BCUT2D eigenvalue weighted by molar-refractivity contribution is 5.88. The molecule has 1 heterocycles. The van der Waals surface area contributed by atoms with Crippen LogP contribution in [-0.2, 0) is 14.3 Å². The molecule has 3 atom stereocenters. The summed E-state index contributed by atoms with van der Waals surface area (Å²) < 4.78 is 11.6. The highest BCUT2D eigenvalue weighted by Crippen LogP contribution is 2.43. The third-order valence-corrected chi connectivity index (χ3v) is 3.95. The van der Waals surface area contributed by atoms with Gasteiger partial charge in [-0.25, -0.2) is 4.79 Å². The van der Waals surface area contributed by atoms with E-state index in [1.165, 1.54) is 0 Å². The van der Waals surface area contributed by atoms with Crippen molar-refractivity contribution < 1.29 is 19.4 Å². The minimum Gasteiger partial charge on any atom is -0.478 e. The molecule has 2 rings (SSSR count). The zero-order valence-electron chi connectivity index (χ0n) is 11.3. The molecular formula is C14H22O4. The summed E-state index contributed by atoms with van der Waals surface area (Å²) in [5.41, 5.74) is 1.43. The summed E-state index contributed by atoms with van der Waals surface area (Å²) >= 11 is 0. The van der Waals surface area contributed by atoms with Crippen LogP contribution in [-0.4, -0.2) is 35.5 Å². The van der Waals surface area contributed by atoms with Crippen molar-refractivity contribution in [3.8, 4) is 0 Å². The van der Waals surface area contributed by atoms with E-state index in [9.17, 15) is 9.90 Å². The number of hydrogen-bond donors (Lipinski definition) is 1. The number of carbonyl (C=O) groups is 1. The number of fused-ring (bicyclic) bond motifs is 1. The summed E-state index contributed by atoms with van der Waals surface area (Å²) in [6.07, 6.45) is 3.34. The molecule has 0 amide bonds. The maximum atomic E-state index is 11.3. The van der Waals surface area contributed by atoms with Crippen molar-refractivity contribution in [3.05, 3.63) is 11.1 Å². The van der Waals surface area contributed by atoms with Crippen LogP contribution in [0.3, 0.4) is 0 Å². The zero-order valence-corrected chi connectivity index (χ0v) is 11.3. The molecule has 1 aliphatic carbocycles. The lowest BCUT2D eigenvalue weighted by molar-refractivity contribution is -0.133. The summed E-state index contributed by atoms with van der Waals surface area (Å²) in [6.45, 7) is 6.18. The third kappa shape index (κ3) is 2.45. The van der Waals surface area contributed by atoms with Gasteiger partial charge in [0.2, 0.25) is 0 Å². The molecular weight excluding hydrogens is 232 g/mol. The van der Waals surface area contributed by atoms with Gasteiger partial charge < -0.3 is 14.6 Å². The van der Waals surface area contributed by atoms with E-state index in [4.69, 9.17) is 9.47 Å². The number of hydrogen-bond acceptors (Lipinski definition) is 3. The highest BCUT2D eigenvalue weighted by Gasteiger charge is 2.52. The van der Waals surface area contributed by atoms with Crippen LogP contribution >= 0.6 is 0 Å². The Morgan fingerprint density at radius 1 is 1.44 bits per heavy atom. The van der Waals surface area contributed by atoms with Gasteiger partial charge >= 0.3 is 5.97 Å². The van der Waals surface area contributed by atoms with Gasteiger partial charge in [-0.05, 0) is 24.8 Å². The van der Waals surface area contributed by atoms with E-state index in [-0.39, 0.29) is 24.4 Å². The van der Waals surface area contributed by atoms with Crippen LogP contribution in [0.15, 0.2) is 11.1 Å². The lowest BCUT2D eigenvalue weighted by Gasteiger charge is -2.28. The van der Waals surface area contributed by atoms with Gasteiger partial charge in [0.15, 0.2) is 0 Å². The molecule has 1 fully saturated rings. The average molecular weight is 254 g/mol. The van der Waals surface area contributed by atoms with E-state index in [0.29, 0.717) is 12.0 Å². The molecule has 1 saturated heterocycles. The maximum absolute atomic E-state index is 11.3. The molecule has 0 bridgehead atoms. The first-order valence-corrected chi connectivity index (χ1v) is 6.88. The Morgan fingerprint density at radius 2 is 2.11 bits per heavy atom. The quantitative estimate of drug-likeness (QED) is 0.740. The zero-order chi connectivity index (χ0) is 13.3. The monoisotopic (exact) mass is 254 g/mol. The van der Waals surface area contributed by atoms with Crippen molar-refractivity contribution in [1.29, 1.82) is 0 Å². The lowest BCUT2D eigenvalue weighted by atomic mass is 9.87. The van der Waals surface area contributed by atoms with E-state index >= 15 is 0 Å². The largest absolute Gasteiger partial charge is 0.478 e. The summed E-state index contributed by atoms with van der Waals surface area (Å²) in [4.78, 5) is 11.3. The Hall–Kier alpha value is -0.870. The fraction of sp³-hybridized carbons (Fsp3) is 0.786. The van der Waals surface area contributed by atoms with Crippen LogP contribution in [0.4, 0.5) is 0 Å². The van der Waals surface area contributed by atoms with Crippen molar-refractivity contribution in [2.24, 2.45) is 0 Å². The van der Waals surface area contributed by atoms with Gasteiger partial charge in [0.05, 0.1) is 12.2 Å². The SMILES string of the molecule is CCC1=C(C(=O)O)C[C@@H]2O[C@@H]2[C@@H]1OC(CC)CC. The molecule has 0 saturated carbocycles. The molecule has 0 aromatic rings. The molecule has 4 heteroatoms. The molecule has 0 aromatic heterocycles. The molecule has 0 unspecified atom stereocenters. The number of rotatable bonds is 6. The molecule has 102 valence electrons. The summed E-state index contributed by atoms with van der Waals surface area (Å²) in [6, 6.07) is 0. The molecule has 4 nitrogen and oxygen atoms in total. The van der Waals surface area contributed by atoms with Gasteiger partial charge in [-0.3, -0.25) is 0 Å². The van der Waals surface area contributed by atoms with Crippen LogP contribution in [0.2, 0.25) is 0 Å². The van der Waals surface area contributed by atoms with Crippen molar-refractivity contribution in [2.45, 2.75) is 70.9 Å². The summed E-state index contributed by atoms with van der Waals surface area (Å²) in [5.74, 6) is -0.820. The first-order chi connectivity index (χ1) is 8.62. The van der Waals surface area contributed by atoms with Crippen LogP contribution in [0.1, 0.15) is 46.5 Å². The number of carboxylic acids is 1. The van der Waals surface area contributed by atoms with E-state index in [2.05, 4.69) is 13.8 Å². The van der Waals surface area contributed by atoms with Crippen LogP contribution in [0.25, 0.3) is 0 Å². The average Bonchev–Trinajstić information content (AvgIpc) is 3.13. The second-order valence-electron chi connectivity index (χ2n) is 5.00. The predicted octanol–water partition coefficient (Wildman–Crippen LogP) is 2.52. The molecule has 18 heavy (non-hydrogen) atoms. The Balaban J connectivity index is 2.20. The standard InChI is InChI=1S/C14H22O4/c1-4-8(5-2)17-12-9(6-3)10(14(15)16)7-11-13(12)18-11/h8,11-13H,4-7H2,1-3H3,(H,15,16)/t11-,12+,13-/m0/s1. The molecule has 1 aliphatic heterocycles. The third-order valence-electron chi connectivity index (χ3n) is 3.95.